The van der Waals surface area contributed by atoms with Gasteiger partial charge in [0.05, 0.1) is 16.6 Å². The molecule has 6 rings (SSSR count). The Morgan fingerprint density at radius 3 is 1.97 bits per heavy atom. The van der Waals surface area contributed by atoms with Gasteiger partial charge in [-0.15, -0.1) is 0 Å². The number of nitrogens with zero attached hydrogens (tertiary/aromatic N) is 3. The molecule has 0 atom stereocenters. The second kappa shape index (κ2) is 6.28. The van der Waals surface area contributed by atoms with Gasteiger partial charge in [0.2, 0.25) is 0 Å². The quantitative estimate of drug-likeness (QED) is 0.353. The molecule has 2 aromatic heterocycles. The molecule has 0 bridgehead atoms. The predicted molar refractivity (Wildman–Crippen MR) is 119 cm³/mol. The van der Waals surface area contributed by atoms with Crippen molar-refractivity contribution in [1.82, 2.24) is 14.5 Å². The van der Waals surface area contributed by atoms with Crippen LogP contribution in [0, 0.1) is 0 Å². The van der Waals surface area contributed by atoms with Crippen molar-refractivity contribution in [2.24, 2.45) is 0 Å². The van der Waals surface area contributed by atoms with E-state index in [-0.39, 0.29) is 0 Å². The molecule has 0 aliphatic heterocycles. The number of benzene rings is 4. The zero-order valence-electron chi connectivity index (χ0n) is 15.7. The van der Waals surface area contributed by atoms with Crippen LogP contribution in [0.15, 0.2) is 103 Å². The van der Waals surface area contributed by atoms with Gasteiger partial charge in [-0.1, -0.05) is 66.7 Å². The maximum Gasteiger partial charge on any atom is 0.165 e. The van der Waals surface area contributed by atoms with Gasteiger partial charge in [0, 0.05) is 11.1 Å². The van der Waals surface area contributed by atoms with Gasteiger partial charge in [0.15, 0.2) is 5.65 Å². The summed E-state index contributed by atoms with van der Waals surface area (Å²) in [6, 6.07) is 35.5. The summed E-state index contributed by atoms with van der Waals surface area (Å²) in [6.45, 7) is 0. The van der Waals surface area contributed by atoms with Gasteiger partial charge in [-0.2, -0.15) is 0 Å². The zero-order valence-corrected chi connectivity index (χ0v) is 15.7. The number of rotatable bonds is 2. The van der Waals surface area contributed by atoms with Crippen LogP contribution in [-0.2, 0) is 0 Å². The average Bonchev–Trinajstić information content (AvgIpc) is 3.11. The summed E-state index contributed by atoms with van der Waals surface area (Å²) in [5, 5.41) is 1.11. The molecule has 0 radical (unpaired) electrons. The van der Waals surface area contributed by atoms with Crippen LogP contribution in [0.5, 0.6) is 0 Å². The highest BCUT2D eigenvalue weighted by atomic mass is 15.1. The third kappa shape index (κ3) is 2.52. The maximum absolute atomic E-state index is 5.00. The minimum Gasteiger partial charge on any atom is -0.293 e. The highest BCUT2D eigenvalue weighted by molar-refractivity contribution is 6.08. The molecular formula is C26H17N3. The largest absolute Gasteiger partial charge is 0.293 e. The summed E-state index contributed by atoms with van der Waals surface area (Å²) in [7, 11) is 0. The van der Waals surface area contributed by atoms with Crippen molar-refractivity contribution in [3.05, 3.63) is 103 Å². The van der Waals surface area contributed by atoms with Crippen LogP contribution >= 0.6 is 0 Å². The average molecular weight is 371 g/mol. The Morgan fingerprint density at radius 1 is 0.552 bits per heavy atom. The first kappa shape index (κ1) is 16.0. The minimum atomic E-state index is 0.884. The van der Waals surface area contributed by atoms with Crippen molar-refractivity contribution in [2.75, 3.05) is 0 Å². The van der Waals surface area contributed by atoms with E-state index in [2.05, 4.69) is 71.3 Å². The summed E-state index contributed by atoms with van der Waals surface area (Å²) >= 11 is 0. The van der Waals surface area contributed by atoms with Gasteiger partial charge in [-0.3, -0.25) is 4.57 Å². The van der Waals surface area contributed by atoms with Crippen molar-refractivity contribution >= 4 is 33.1 Å². The monoisotopic (exact) mass is 371 g/mol. The standard InChI is InChI=1S/C26H17N3/c1-3-9-18(10-4-1)19-15-16-24-21(17-19)25-26(29(24)20-11-5-2-6-12-20)28-23-14-8-7-13-22(23)27-25/h1-17H. The Morgan fingerprint density at radius 2 is 1.21 bits per heavy atom. The molecule has 0 aliphatic carbocycles. The van der Waals surface area contributed by atoms with Gasteiger partial charge in [-0.25, -0.2) is 9.97 Å². The van der Waals surface area contributed by atoms with Crippen LogP contribution in [0.25, 0.3) is 49.9 Å². The predicted octanol–water partition coefficient (Wildman–Crippen LogP) is 6.39. The number of hydrogen-bond donors (Lipinski definition) is 0. The lowest BCUT2D eigenvalue weighted by molar-refractivity contribution is 1.14. The summed E-state index contributed by atoms with van der Waals surface area (Å²) in [5.74, 6) is 0. The smallest absolute Gasteiger partial charge is 0.165 e. The first-order chi connectivity index (χ1) is 14.4. The number of aromatic nitrogens is 3. The van der Waals surface area contributed by atoms with Crippen LogP contribution in [0.2, 0.25) is 0 Å². The van der Waals surface area contributed by atoms with E-state index in [0.717, 1.165) is 38.8 Å². The number of para-hydroxylation sites is 3. The van der Waals surface area contributed by atoms with E-state index in [9.17, 15) is 0 Å². The molecule has 0 saturated heterocycles. The van der Waals surface area contributed by atoms with E-state index < -0.39 is 0 Å². The Labute approximate surface area is 167 Å². The second-order valence-electron chi connectivity index (χ2n) is 7.15. The van der Waals surface area contributed by atoms with Crippen LogP contribution in [0.4, 0.5) is 0 Å². The Balaban J connectivity index is 1.75. The maximum atomic E-state index is 5.00. The lowest BCUT2D eigenvalue weighted by Gasteiger charge is -2.07. The Hall–Kier alpha value is -3.98. The molecule has 3 heteroatoms. The van der Waals surface area contributed by atoms with E-state index in [1.165, 1.54) is 11.1 Å². The molecule has 3 nitrogen and oxygen atoms in total. The SMILES string of the molecule is c1ccc(-c2ccc3c(c2)c2nc4ccccc4nc2n3-c2ccccc2)cc1. The molecule has 136 valence electrons. The van der Waals surface area contributed by atoms with E-state index in [0.29, 0.717) is 0 Å². The fourth-order valence-corrected chi connectivity index (χ4v) is 4.01. The molecule has 2 heterocycles. The van der Waals surface area contributed by atoms with Crippen molar-refractivity contribution in [3.63, 3.8) is 0 Å². The van der Waals surface area contributed by atoms with E-state index in [4.69, 9.17) is 9.97 Å². The molecule has 0 saturated carbocycles. The molecule has 0 amide bonds. The molecule has 0 spiro atoms. The van der Waals surface area contributed by atoms with Gasteiger partial charge >= 0.3 is 0 Å². The summed E-state index contributed by atoms with van der Waals surface area (Å²) in [4.78, 5) is 10.00. The number of hydrogen-bond acceptors (Lipinski definition) is 2. The molecule has 6 aromatic rings. The third-order valence-electron chi connectivity index (χ3n) is 5.38. The topological polar surface area (TPSA) is 30.7 Å². The zero-order chi connectivity index (χ0) is 19.2. The van der Waals surface area contributed by atoms with E-state index in [1.807, 2.05) is 36.4 Å². The molecular weight excluding hydrogens is 354 g/mol. The highest BCUT2D eigenvalue weighted by Gasteiger charge is 2.16. The normalized spacial score (nSPS) is 11.4. The third-order valence-corrected chi connectivity index (χ3v) is 5.38. The second-order valence-corrected chi connectivity index (χ2v) is 7.15. The molecule has 4 aromatic carbocycles. The van der Waals surface area contributed by atoms with Gasteiger partial charge in [-0.05, 0) is 47.5 Å². The van der Waals surface area contributed by atoms with Gasteiger partial charge in [0.1, 0.15) is 5.52 Å². The Bertz CT molecular complexity index is 1480. The molecule has 0 fully saturated rings. The molecule has 0 unspecified atom stereocenters. The molecule has 0 N–H and O–H groups in total. The van der Waals surface area contributed by atoms with Crippen LogP contribution in [0.1, 0.15) is 0 Å². The van der Waals surface area contributed by atoms with Crippen LogP contribution < -0.4 is 0 Å². The van der Waals surface area contributed by atoms with Gasteiger partial charge < -0.3 is 0 Å². The minimum absolute atomic E-state index is 0.884. The lowest BCUT2D eigenvalue weighted by atomic mass is 10.0. The van der Waals surface area contributed by atoms with Crippen molar-refractivity contribution in [2.45, 2.75) is 0 Å². The first-order valence-corrected chi connectivity index (χ1v) is 9.70. The highest BCUT2D eigenvalue weighted by Crippen LogP contribution is 2.34. The van der Waals surface area contributed by atoms with Crippen molar-refractivity contribution in [1.29, 1.82) is 0 Å². The Kier molecular flexibility index (Phi) is 3.47. The van der Waals surface area contributed by atoms with E-state index >= 15 is 0 Å². The molecule has 29 heavy (non-hydrogen) atoms. The van der Waals surface area contributed by atoms with Crippen molar-refractivity contribution < 1.29 is 0 Å². The van der Waals surface area contributed by atoms with Gasteiger partial charge in [0.25, 0.3) is 0 Å². The van der Waals surface area contributed by atoms with Crippen molar-refractivity contribution in [3.8, 4) is 16.8 Å². The summed E-state index contributed by atoms with van der Waals surface area (Å²) < 4.78 is 2.21. The van der Waals surface area contributed by atoms with Crippen LogP contribution in [-0.4, -0.2) is 14.5 Å². The number of fused-ring (bicyclic) bond motifs is 4. The van der Waals surface area contributed by atoms with Crippen LogP contribution in [0.3, 0.4) is 0 Å². The summed E-state index contributed by atoms with van der Waals surface area (Å²) in [5.41, 5.74) is 8.21. The van der Waals surface area contributed by atoms with E-state index in [1.54, 1.807) is 0 Å². The molecule has 0 aliphatic rings. The fourth-order valence-electron chi connectivity index (χ4n) is 4.01. The first-order valence-electron chi connectivity index (χ1n) is 9.70. The summed E-state index contributed by atoms with van der Waals surface area (Å²) in [6.07, 6.45) is 0. The fraction of sp³-hybridized carbons (Fsp3) is 0. The lowest BCUT2D eigenvalue weighted by Crippen LogP contribution is -1.96.